The summed E-state index contributed by atoms with van der Waals surface area (Å²) < 4.78 is 1.79. The van der Waals surface area contributed by atoms with Crippen molar-refractivity contribution in [2.75, 3.05) is 0 Å². The zero-order valence-corrected chi connectivity index (χ0v) is 15.3. The first-order valence-corrected chi connectivity index (χ1v) is 9.33. The van der Waals surface area contributed by atoms with Gasteiger partial charge in [0.25, 0.3) is 5.56 Å². The van der Waals surface area contributed by atoms with Crippen LogP contribution in [0.4, 0.5) is 0 Å². The van der Waals surface area contributed by atoms with Crippen molar-refractivity contribution in [3.8, 4) is 0 Å². The highest BCUT2D eigenvalue weighted by atomic mass is 16.1. The Hall–Kier alpha value is -3.02. The van der Waals surface area contributed by atoms with Gasteiger partial charge in [-0.05, 0) is 49.6 Å². The average Bonchev–Trinajstić information content (AvgIpc) is 3.52. The Kier molecular flexibility index (Phi) is 4.71. The molecule has 27 heavy (non-hydrogen) atoms. The number of carbonyl (C=O) groups is 1. The first-order chi connectivity index (χ1) is 13.1. The SMILES string of the molecule is CC(NC(=O)CCc1nc2ccccc2c(=O)n1C1CC1)c1ccncc1. The van der Waals surface area contributed by atoms with E-state index in [0.717, 1.165) is 18.4 Å². The Morgan fingerprint density at radius 2 is 1.96 bits per heavy atom. The molecular weight excluding hydrogens is 340 g/mol. The fraction of sp³-hybridized carbons (Fsp3) is 0.333. The molecule has 0 bridgehead atoms. The number of pyridine rings is 1. The van der Waals surface area contributed by atoms with E-state index in [-0.39, 0.29) is 23.6 Å². The Bertz CT molecular complexity index is 1030. The summed E-state index contributed by atoms with van der Waals surface area (Å²) in [7, 11) is 0. The largest absolute Gasteiger partial charge is 0.350 e. The number of nitrogens with one attached hydrogen (secondary N) is 1. The van der Waals surface area contributed by atoms with Crippen LogP contribution in [-0.2, 0) is 11.2 Å². The third-order valence-corrected chi connectivity index (χ3v) is 4.95. The van der Waals surface area contributed by atoms with Gasteiger partial charge in [0.2, 0.25) is 5.91 Å². The lowest BCUT2D eigenvalue weighted by Crippen LogP contribution is -2.29. The number of benzene rings is 1. The van der Waals surface area contributed by atoms with Gasteiger partial charge in [0.1, 0.15) is 5.82 Å². The fourth-order valence-corrected chi connectivity index (χ4v) is 3.35. The van der Waals surface area contributed by atoms with Crippen LogP contribution in [0.25, 0.3) is 10.9 Å². The van der Waals surface area contributed by atoms with E-state index in [4.69, 9.17) is 0 Å². The quantitative estimate of drug-likeness (QED) is 0.731. The number of hydrogen-bond acceptors (Lipinski definition) is 4. The number of aryl methyl sites for hydroxylation is 1. The molecule has 0 saturated heterocycles. The zero-order chi connectivity index (χ0) is 18.8. The molecule has 0 spiro atoms. The summed E-state index contributed by atoms with van der Waals surface area (Å²) in [6.07, 6.45) is 6.17. The van der Waals surface area contributed by atoms with Gasteiger partial charge >= 0.3 is 0 Å². The number of aromatic nitrogens is 3. The Balaban J connectivity index is 1.51. The number of rotatable bonds is 6. The summed E-state index contributed by atoms with van der Waals surface area (Å²) in [5, 5.41) is 3.64. The second-order valence-corrected chi connectivity index (χ2v) is 7.02. The van der Waals surface area contributed by atoms with E-state index >= 15 is 0 Å². The van der Waals surface area contributed by atoms with Gasteiger partial charge in [-0.2, -0.15) is 0 Å². The number of hydrogen-bond donors (Lipinski definition) is 1. The lowest BCUT2D eigenvalue weighted by atomic mass is 10.1. The van der Waals surface area contributed by atoms with Gasteiger partial charge in [-0.3, -0.25) is 19.1 Å². The molecule has 6 nitrogen and oxygen atoms in total. The molecular formula is C21H22N4O2. The third-order valence-electron chi connectivity index (χ3n) is 4.95. The van der Waals surface area contributed by atoms with E-state index in [1.165, 1.54) is 0 Å². The van der Waals surface area contributed by atoms with Crippen molar-refractivity contribution < 1.29 is 4.79 Å². The highest BCUT2D eigenvalue weighted by Gasteiger charge is 2.28. The normalized spacial score (nSPS) is 14.9. The molecule has 0 radical (unpaired) electrons. The van der Waals surface area contributed by atoms with Gasteiger partial charge in [0, 0.05) is 31.3 Å². The van der Waals surface area contributed by atoms with Gasteiger partial charge in [-0.1, -0.05) is 12.1 Å². The lowest BCUT2D eigenvalue weighted by molar-refractivity contribution is -0.121. The van der Waals surface area contributed by atoms with Crippen molar-refractivity contribution in [3.63, 3.8) is 0 Å². The van der Waals surface area contributed by atoms with Crippen molar-refractivity contribution >= 4 is 16.8 Å². The van der Waals surface area contributed by atoms with Crippen LogP contribution >= 0.6 is 0 Å². The molecule has 1 fully saturated rings. The van der Waals surface area contributed by atoms with Crippen molar-refractivity contribution in [3.05, 3.63) is 70.5 Å². The molecule has 1 N–H and O–H groups in total. The minimum Gasteiger partial charge on any atom is -0.350 e. The van der Waals surface area contributed by atoms with Crippen molar-refractivity contribution in [1.82, 2.24) is 19.9 Å². The molecule has 2 heterocycles. The molecule has 1 atom stereocenters. The average molecular weight is 362 g/mol. The van der Waals surface area contributed by atoms with E-state index < -0.39 is 0 Å². The predicted molar refractivity (Wildman–Crippen MR) is 103 cm³/mol. The van der Waals surface area contributed by atoms with Gasteiger partial charge in [0.15, 0.2) is 0 Å². The zero-order valence-electron chi connectivity index (χ0n) is 15.3. The van der Waals surface area contributed by atoms with E-state index in [1.807, 2.05) is 43.3 Å². The molecule has 1 amide bonds. The predicted octanol–water partition coefficient (Wildman–Crippen LogP) is 2.94. The molecule has 1 aliphatic rings. The van der Waals surface area contributed by atoms with Gasteiger partial charge in [-0.15, -0.1) is 0 Å². The van der Waals surface area contributed by atoms with Crippen LogP contribution in [-0.4, -0.2) is 20.4 Å². The van der Waals surface area contributed by atoms with E-state index in [2.05, 4.69) is 15.3 Å². The Labute approximate surface area is 157 Å². The van der Waals surface area contributed by atoms with Crippen LogP contribution in [0, 0.1) is 0 Å². The standard InChI is InChI=1S/C21H22N4O2/c1-14(15-10-12-22-13-11-15)23-20(26)9-8-19-24-18-5-3-2-4-17(18)21(27)25(19)16-6-7-16/h2-5,10-14,16H,6-9H2,1H3,(H,23,26). The number of fused-ring (bicyclic) bond motifs is 1. The van der Waals surface area contributed by atoms with E-state index in [1.54, 1.807) is 17.0 Å². The highest BCUT2D eigenvalue weighted by Crippen LogP contribution is 2.34. The molecule has 1 aromatic carbocycles. The molecule has 1 aliphatic carbocycles. The maximum absolute atomic E-state index is 12.9. The number of carbonyl (C=O) groups excluding carboxylic acids is 1. The van der Waals surface area contributed by atoms with Crippen molar-refractivity contribution in [2.45, 2.75) is 44.7 Å². The first kappa shape index (κ1) is 17.4. The van der Waals surface area contributed by atoms with Crippen LogP contribution in [0.5, 0.6) is 0 Å². The summed E-state index contributed by atoms with van der Waals surface area (Å²) in [5.41, 5.74) is 1.71. The molecule has 4 rings (SSSR count). The molecule has 1 saturated carbocycles. The van der Waals surface area contributed by atoms with Crippen LogP contribution in [0.2, 0.25) is 0 Å². The smallest absolute Gasteiger partial charge is 0.261 e. The summed E-state index contributed by atoms with van der Waals surface area (Å²) in [6, 6.07) is 11.3. The Morgan fingerprint density at radius 1 is 1.22 bits per heavy atom. The van der Waals surface area contributed by atoms with Crippen LogP contribution in [0.3, 0.4) is 0 Å². The van der Waals surface area contributed by atoms with Crippen LogP contribution in [0.1, 0.15) is 49.7 Å². The van der Waals surface area contributed by atoms with Crippen LogP contribution in [0.15, 0.2) is 53.6 Å². The van der Waals surface area contributed by atoms with Crippen LogP contribution < -0.4 is 10.9 Å². The topological polar surface area (TPSA) is 76.9 Å². The first-order valence-electron chi connectivity index (χ1n) is 9.33. The molecule has 0 aliphatic heterocycles. The van der Waals surface area contributed by atoms with E-state index in [0.29, 0.717) is 29.6 Å². The second-order valence-electron chi connectivity index (χ2n) is 7.02. The highest BCUT2D eigenvalue weighted by molar-refractivity contribution is 5.78. The molecule has 2 aromatic heterocycles. The Morgan fingerprint density at radius 3 is 2.70 bits per heavy atom. The van der Waals surface area contributed by atoms with E-state index in [9.17, 15) is 9.59 Å². The van der Waals surface area contributed by atoms with Crippen molar-refractivity contribution in [2.24, 2.45) is 0 Å². The molecule has 138 valence electrons. The minimum absolute atomic E-state index is 0.00339. The summed E-state index contributed by atoms with van der Waals surface area (Å²) in [6.45, 7) is 1.95. The summed E-state index contributed by atoms with van der Waals surface area (Å²) >= 11 is 0. The molecule has 1 unspecified atom stereocenters. The molecule has 6 heteroatoms. The summed E-state index contributed by atoms with van der Waals surface area (Å²) in [5.74, 6) is 0.650. The van der Waals surface area contributed by atoms with Gasteiger partial charge in [0.05, 0.1) is 16.9 Å². The monoisotopic (exact) mass is 362 g/mol. The number of para-hydroxylation sites is 1. The summed E-state index contributed by atoms with van der Waals surface area (Å²) in [4.78, 5) is 33.9. The van der Waals surface area contributed by atoms with Crippen molar-refractivity contribution in [1.29, 1.82) is 0 Å². The van der Waals surface area contributed by atoms with Gasteiger partial charge in [-0.25, -0.2) is 4.98 Å². The third kappa shape index (κ3) is 3.74. The lowest BCUT2D eigenvalue weighted by Gasteiger charge is -2.15. The maximum Gasteiger partial charge on any atom is 0.261 e. The van der Waals surface area contributed by atoms with Gasteiger partial charge < -0.3 is 5.32 Å². The molecule has 3 aromatic rings. The number of amides is 1. The maximum atomic E-state index is 12.9. The second kappa shape index (κ2) is 7.31. The number of nitrogens with zero attached hydrogens (tertiary/aromatic N) is 3. The fourth-order valence-electron chi connectivity index (χ4n) is 3.35. The minimum atomic E-state index is -0.0873.